The lowest BCUT2D eigenvalue weighted by molar-refractivity contribution is -0.120. The summed E-state index contributed by atoms with van der Waals surface area (Å²) in [6.45, 7) is 1.92. The molecule has 0 aromatic heterocycles. The molecule has 96 valence electrons. The van der Waals surface area contributed by atoms with Crippen molar-refractivity contribution in [3.8, 4) is 0 Å². The number of carbonyl (C=O) groups is 2. The zero-order chi connectivity index (χ0) is 12.3. The molecule has 0 aromatic rings. The van der Waals surface area contributed by atoms with E-state index in [9.17, 15) is 9.59 Å². The Hall–Kier alpha value is -0.510. The Morgan fingerprint density at radius 3 is 3.06 bits per heavy atom. The first-order valence-electron chi connectivity index (χ1n) is 6.63. The monoisotopic (exact) mass is 255 g/mol. The van der Waals surface area contributed by atoms with Gasteiger partial charge in [-0.25, -0.2) is 0 Å². The molecule has 3 atom stereocenters. The van der Waals surface area contributed by atoms with E-state index < -0.39 is 0 Å². The van der Waals surface area contributed by atoms with E-state index in [0.29, 0.717) is 29.4 Å². The van der Waals surface area contributed by atoms with Crippen LogP contribution in [0.4, 0.5) is 0 Å². The second-order valence-electron chi connectivity index (χ2n) is 5.07. The highest BCUT2D eigenvalue weighted by Crippen LogP contribution is 2.39. The Labute approximate surface area is 107 Å². The first-order chi connectivity index (χ1) is 8.20. The fourth-order valence-corrected chi connectivity index (χ4v) is 4.40. The van der Waals surface area contributed by atoms with Crippen molar-refractivity contribution in [1.82, 2.24) is 5.32 Å². The van der Waals surface area contributed by atoms with Crippen LogP contribution in [0, 0.1) is 5.92 Å². The minimum atomic E-state index is 0.228. The van der Waals surface area contributed by atoms with Crippen molar-refractivity contribution in [2.24, 2.45) is 5.92 Å². The Bertz CT molecular complexity index is 306. The van der Waals surface area contributed by atoms with Gasteiger partial charge in [0.25, 0.3) is 0 Å². The van der Waals surface area contributed by atoms with Crippen LogP contribution in [-0.2, 0) is 9.59 Å². The minimum Gasteiger partial charge on any atom is -0.352 e. The second-order valence-corrected chi connectivity index (χ2v) is 6.34. The van der Waals surface area contributed by atoms with Gasteiger partial charge >= 0.3 is 0 Å². The number of hydrogen-bond donors (Lipinski definition) is 1. The zero-order valence-corrected chi connectivity index (χ0v) is 11.2. The number of amides is 1. The summed E-state index contributed by atoms with van der Waals surface area (Å²) >= 11 is 2.00. The molecule has 0 spiro atoms. The Morgan fingerprint density at radius 2 is 2.29 bits per heavy atom. The van der Waals surface area contributed by atoms with Crippen LogP contribution >= 0.6 is 11.8 Å². The lowest BCUT2D eigenvalue weighted by atomic mass is 9.97. The molecule has 2 heterocycles. The van der Waals surface area contributed by atoms with E-state index in [1.54, 1.807) is 0 Å². The topological polar surface area (TPSA) is 46.2 Å². The number of unbranched alkanes of at least 4 members (excludes halogenated alkanes) is 1. The molecule has 0 bridgehead atoms. The molecule has 0 saturated carbocycles. The number of Topliss-reactive ketones (excluding diaryl/α,β-unsaturated/α-hetero) is 1. The predicted molar refractivity (Wildman–Crippen MR) is 70.0 cm³/mol. The number of hydrogen-bond acceptors (Lipinski definition) is 3. The third-order valence-corrected chi connectivity index (χ3v) is 5.37. The van der Waals surface area contributed by atoms with Crippen molar-refractivity contribution in [1.29, 1.82) is 0 Å². The third-order valence-electron chi connectivity index (χ3n) is 3.80. The van der Waals surface area contributed by atoms with Crippen LogP contribution in [0.5, 0.6) is 0 Å². The van der Waals surface area contributed by atoms with E-state index in [4.69, 9.17) is 0 Å². The van der Waals surface area contributed by atoms with Crippen molar-refractivity contribution in [3.63, 3.8) is 0 Å². The van der Waals surface area contributed by atoms with Gasteiger partial charge in [0.15, 0.2) is 0 Å². The smallest absolute Gasteiger partial charge is 0.220 e. The fraction of sp³-hybridized carbons (Fsp3) is 0.846. The fourth-order valence-electron chi connectivity index (χ4n) is 2.75. The molecule has 2 fully saturated rings. The van der Waals surface area contributed by atoms with Crippen LogP contribution in [0.25, 0.3) is 0 Å². The van der Waals surface area contributed by atoms with E-state index in [-0.39, 0.29) is 5.91 Å². The average Bonchev–Trinajstić information content (AvgIpc) is 2.84. The van der Waals surface area contributed by atoms with Crippen LogP contribution in [0.1, 0.15) is 45.4 Å². The van der Waals surface area contributed by atoms with Crippen molar-refractivity contribution in [2.45, 2.75) is 56.7 Å². The van der Waals surface area contributed by atoms with Gasteiger partial charge in [-0.3, -0.25) is 9.59 Å². The summed E-state index contributed by atoms with van der Waals surface area (Å²) in [7, 11) is 0. The molecule has 1 N–H and O–H groups in total. The Kier molecular flexibility index (Phi) is 4.48. The zero-order valence-electron chi connectivity index (χ0n) is 10.4. The van der Waals surface area contributed by atoms with Crippen LogP contribution < -0.4 is 5.32 Å². The Balaban J connectivity index is 1.66. The summed E-state index contributed by atoms with van der Waals surface area (Å²) in [6.07, 6.45) is 5.39. The molecule has 2 aliphatic rings. The van der Waals surface area contributed by atoms with Crippen molar-refractivity contribution in [3.05, 3.63) is 0 Å². The molecule has 17 heavy (non-hydrogen) atoms. The first kappa shape index (κ1) is 12.9. The molecule has 0 aliphatic carbocycles. The van der Waals surface area contributed by atoms with Gasteiger partial charge in [-0.15, -0.1) is 0 Å². The average molecular weight is 255 g/mol. The Morgan fingerprint density at radius 1 is 1.47 bits per heavy atom. The molecular weight excluding hydrogens is 234 g/mol. The number of ketones is 1. The van der Waals surface area contributed by atoms with Gasteiger partial charge < -0.3 is 5.32 Å². The molecule has 0 radical (unpaired) electrons. The summed E-state index contributed by atoms with van der Waals surface area (Å²) in [5, 5.41) is 3.69. The van der Waals surface area contributed by atoms with Gasteiger partial charge in [-0.1, -0.05) is 13.3 Å². The number of thioether (sulfide) groups is 1. The van der Waals surface area contributed by atoms with Gasteiger partial charge in [0.05, 0.1) is 0 Å². The maximum atomic E-state index is 11.3. The number of carbonyl (C=O) groups excluding carboxylic acids is 2. The molecule has 4 heteroatoms. The van der Waals surface area contributed by atoms with Crippen LogP contribution in [0.15, 0.2) is 0 Å². The summed E-state index contributed by atoms with van der Waals surface area (Å²) in [6, 6.07) is 0.411. The number of nitrogens with one attached hydrogen (secondary N) is 1. The van der Waals surface area contributed by atoms with Gasteiger partial charge in [0.2, 0.25) is 5.91 Å². The standard InChI is InChI=1S/C13H21NO2S/c1-2-10(15)5-3-4-6-11-13-9(8-17-11)7-12(16)14-13/h9,11,13H,2-8H2,1H3,(H,14,16)/t9?,11-,13?/m0/s1. The van der Waals surface area contributed by atoms with Crippen LogP contribution in [0.3, 0.4) is 0 Å². The summed E-state index contributed by atoms with van der Waals surface area (Å²) < 4.78 is 0. The molecule has 2 aliphatic heterocycles. The van der Waals surface area contributed by atoms with E-state index in [1.165, 1.54) is 0 Å². The van der Waals surface area contributed by atoms with Crippen LogP contribution in [0.2, 0.25) is 0 Å². The highest BCUT2D eigenvalue weighted by atomic mass is 32.2. The predicted octanol–water partition coefficient (Wildman–Crippen LogP) is 2.15. The number of rotatable bonds is 6. The quantitative estimate of drug-likeness (QED) is 0.740. The molecule has 2 saturated heterocycles. The minimum absolute atomic E-state index is 0.228. The third kappa shape index (κ3) is 3.24. The lowest BCUT2D eigenvalue weighted by Crippen LogP contribution is -2.34. The summed E-state index contributed by atoms with van der Waals surface area (Å²) in [5.41, 5.74) is 0. The maximum Gasteiger partial charge on any atom is 0.220 e. The second kappa shape index (κ2) is 5.89. The van der Waals surface area contributed by atoms with Crippen molar-refractivity contribution >= 4 is 23.5 Å². The molecule has 3 nitrogen and oxygen atoms in total. The van der Waals surface area contributed by atoms with Gasteiger partial charge in [-0.05, 0) is 24.5 Å². The normalized spacial score (nSPS) is 31.4. The van der Waals surface area contributed by atoms with Gasteiger partial charge in [-0.2, -0.15) is 11.8 Å². The maximum absolute atomic E-state index is 11.3. The van der Waals surface area contributed by atoms with Crippen LogP contribution in [-0.4, -0.2) is 28.7 Å². The van der Waals surface area contributed by atoms with Gasteiger partial charge in [0.1, 0.15) is 5.78 Å². The lowest BCUT2D eigenvalue weighted by Gasteiger charge is -2.17. The summed E-state index contributed by atoms with van der Waals surface area (Å²) in [4.78, 5) is 22.5. The first-order valence-corrected chi connectivity index (χ1v) is 7.68. The van der Waals surface area contributed by atoms with E-state index in [2.05, 4.69) is 5.32 Å². The molecule has 2 unspecified atom stereocenters. The van der Waals surface area contributed by atoms with E-state index >= 15 is 0 Å². The highest BCUT2D eigenvalue weighted by Gasteiger charge is 2.42. The van der Waals surface area contributed by atoms with Gasteiger partial charge in [0, 0.05) is 30.6 Å². The summed E-state index contributed by atoms with van der Waals surface area (Å²) in [5.74, 6) is 2.29. The molecule has 2 rings (SSSR count). The molecular formula is C13H21NO2S. The SMILES string of the molecule is CCC(=O)CCCC[C@@H]1SCC2CC(=O)NC21. The largest absolute Gasteiger partial charge is 0.352 e. The molecule has 1 amide bonds. The van der Waals surface area contributed by atoms with E-state index in [0.717, 1.165) is 37.9 Å². The highest BCUT2D eigenvalue weighted by molar-refractivity contribution is 8.00. The van der Waals surface area contributed by atoms with E-state index in [1.807, 2.05) is 18.7 Å². The molecule has 0 aromatic carbocycles. The van der Waals surface area contributed by atoms with Crippen molar-refractivity contribution < 1.29 is 9.59 Å². The van der Waals surface area contributed by atoms with Crippen molar-refractivity contribution in [2.75, 3.05) is 5.75 Å². The number of fused-ring (bicyclic) bond motifs is 1.